The highest BCUT2D eigenvalue weighted by molar-refractivity contribution is 7.89. The summed E-state index contributed by atoms with van der Waals surface area (Å²) in [5.41, 5.74) is 1.64. The van der Waals surface area contributed by atoms with Crippen LogP contribution in [0.25, 0.3) is 0 Å². The van der Waals surface area contributed by atoms with E-state index in [1.807, 2.05) is 24.3 Å². The van der Waals surface area contributed by atoms with Gasteiger partial charge in [-0.25, -0.2) is 8.42 Å². The van der Waals surface area contributed by atoms with Crippen LogP contribution in [0.15, 0.2) is 52.4 Å². The van der Waals surface area contributed by atoms with Crippen molar-refractivity contribution < 1.29 is 17.9 Å². The molecule has 2 N–H and O–H groups in total. The van der Waals surface area contributed by atoms with Crippen LogP contribution in [-0.2, 0) is 16.6 Å². The molecule has 0 aromatic heterocycles. The molecule has 1 saturated heterocycles. The zero-order valence-electron chi connectivity index (χ0n) is 18.2. The molecule has 9 heteroatoms. The SMILES string of the molecule is CN=C(NCc1cccc(S(=O)(=O)N2CCCCC2)c1)Nc1ccc(OC)c(OC)c1. The summed E-state index contributed by atoms with van der Waals surface area (Å²) in [6.45, 7) is 1.61. The lowest BCUT2D eigenvalue weighted by Crippen LogP contribution is -2.35. The van der Waals surface area contributed by atoms with E-state index in [0.29, 0.717) is 42.0 Å². The van der Waals surface area contributed by atoms with Crippen molar-refractivity contribution in [1.82, 2.24) is 9.62 Å². The minimum Gasteiger partial charge on any atom is -0.493 e. The van der Waals surface area contributed by atoms with Gasteiger partial charge in [-0.1, -0.05) is 18.6 Å². The van der Waals surface area contributed by atoms with Crippen molar-refractivity contribution in [3.05, 3.63) is 48.0 Å². The monoisotopic (exact) mass is 446 g/mol. The zero-order chi connectivity index (χ0) is 22.3. The van der Waals surface area contributed by atoms with Gasteiger partial charge in [0.05, 0.1) is 19.1 Å². The molecule has 0 unspecified atom stereocenters. The number of methoxy groups -OCH3 is 2. The summed E-state index contributed by atoms with van der Waals surface area (Å²) >= 11 is 0. The van der Waals surface area contributed by atoms with Gasteiger partial charge in [0.15, 0.2) is 17.5 Å². The van der Waals surface area contributed by atoms with E-state index in [-0.39, 0.29) is 0 Å². The summed E-state index contributed by atoms with van der Waals surface area (Å²) in [5, 5.41) is 6.42. The van der Waals surface area contributed by atoms with Crippen molar-refractivity contribution in [2.45, 2.75) is 30.7 Å². The predicted molar refractivity (Wildman–Crippen MR) is 122 cm³/mol. The first kappa shape index (κ1) is 22.9. The number of hydrogen-bond donors (Lipinski definition) is 2. The van der Waals surface area contributed by atoms with Crippen LogP contribution in [0, 0.1) is 0 Å². The molecular formula is C22H30N4O4S. The van der Waals surface area contributed by atoms with E-state index in [1.165, 1.54) is 0 Å². The largest absolute Gasteiger partial charge is 0.493 e. The molecule has 1 aliphatic rings. The number of hydrogen-bond acceptors (Lipinski definition) is 5. The number of nitrogens with one attached hydrogen (secondary N) is 2. The Balaban J connectivity index is 1.67. The number of ether oxygens (including phenoxy) is 2. The topological polar surface area (TPSA) is 92.3 Å². The smallest absolute Gasteiger partial charge is 0.243 e. The van der Waals surface area contributed by atoms with Crippen LogP contribution in [0.4, 0.5) is 5.69 Å². The minimum absolute atomic E-state index is 0.330. The molecule has 0 saturated carbocycles. The van der Waals surface area contributed by atoms with Crippen LogP contribution in [0.3, 0.4) is 0 Å². The van der Waals surface area contributed by atoms with Crippen LogP contribution in [0.1, 0.15) is 24.8 Å². The van der Waals surface area contributed by atoms with Crippen LogP contribution in [-0.4, -0.2) is 53.0 Å². The molecule has 0 radical (unpaired) electrons. The van der Waals surface area contributed by atoms with E-state index in [9.17, 15) is 8.42 Å². The molecule has 3 rings (SSSR count). The summed E-state index contributed by atoms with van der Waals surface area (Å²) in [6, 6.07) is 12.5. The lowest BCUT2D eigenvalue weighted by atomic mass is 10.2. The van der Waals surface area contributed by atoms with E-state index < -0.39 is 10.0 Å². The van der Waals surface area contributed by atoms with Gasteiger partial charge in [-0.3, -0.25) is 4.99 Å². The molecule has 2 aromatic rings. The second kappa shape index (κ2) is 10.5. The molecule has 1 aliphatic heterocycles. The van der Waals surface area contributed by atoms with E-state index >= 15 is 0 Å². The molecule has 0 spiro atoms. The molecule has 0 aliphatic carbocycles. The lowest BCUT2D eigenvalue weighted by Gasteiger charge is -2.26. The Morgan fingerprint density at radius 3 is 2.45 bits per heavy atom. The van der Waals surface area contributed by atoms with Crippen molar-refractivity contribution in [2.75, 3.05) is 39.7 Å². The number of aliphatic imine (C=N–C) groups is 1. The standard InChI is InChI=1S/C22H30N4O4S/c1-23-22(25-18-10-11-20(29-2)21(15-18)30-3)24-16-17-8-7-9-19(14-17)31(27,28)26-12-5-4-6-13-26/h7-11,14-15H,4-6,12-13,16H2,1-3H3,(H2,23,24,25). The number of rotatable bonds is 7. The predicted octanol–water partition coefficient (Wildman–Crippen LogP) is 3.07. The first-order valence-corrected chi connectivity index (χ1v) is 11.7. The van der Waals surface area contributed by atoms with E-state index in [0.717, 1.165) is 30.5 Å². The molecule has 8 nitrogen and oxygen atoms in total. The highest BCUT2D eigenvalue weighted by Crippen LogP contribution is 2.29. The fourth-order valence-electron chi connectivity index (χ4n) is 3.49. The highest BCUT2D eigenvalue weighted by atomic mass is 32.2. The zero-order valence-corrected chi connectivity index (χ0v) is 19.0. The van der Waals surface area contributed by atoms with Crippen molar-refractivity contribution >= 4 is 21.7 Å². The summed E-state index contributed by atoms with van der Waals surface area (Å²) in [7, 11) is 1.39. The molecule has 0 amide bonds. The number of piperidine rings is 1. The summed E-state index contributed by atoms with van der Waals surface area (Å²) in [6.07, 6.45) is 2.92. The Labute approximate surface area is 184 Å². The molecular weight excluding hydrogens is 416 g/mol. The first-order chi connectivity index (χ1) is 15.0. The summed E-state index contributed by atoms with van der Waals surface area (Å²) < 4.78 is 38.0. The summed E-state index contributed by atoms with van der Waals surface area (Å²) in [4.78, 5) is 4.57. The summed E-state index contributed by atoms with van der Waals surface area (Å²) in [5.74, 6) is 1.80. The van der Waals surface area contributed by atoms with Crippen LogP contribution >= 0.6 is 0 Å². The van der Waals surface area contributed by atoms with Crippen molar-refractivity contribution in [3.8, 4) is 11.5 Å². The van der Waals surface area contributed by atoms with Gasteiger partial charge in [0.1, 0.15) is 0 Å². The normalized spacial score (nSPS) is 15.4. The average molecular weight is 447 g/mol. The maximum Gasteiger partial charge on any atom is 0.243 e. The van der Waals surface area contributed by atoms with Gasteiger partial charge < -0.3 is 20.1 Å². The molecule has 0 atom stereocenters. The number of anilines is 1. The van der Waals surface area contributed by atoms with Crippen molar-refractivity contribution in [3.63, 3.8) is 0 Å². The third-order valence-corrected chi connectivity index (χ3v) is 7.08. The molecule has 1 fully saturated rings. The third-order valence-electron chi connectivity index (χ3n) is 5.18. The number of sulfonamides is 1. The second-order valence-corrected chi connectivity index (χ2v) is 9.17. The lowest BCUT2D eigenvalue weighted by molar-refractivity contribution is 0.346. The van der Waals surface area contributed by atoms with Gasteiger partial charge in [0.2, 0.25) is 10.0 Å². The molecule has 2 aromatic carbocycles. The Hall–Kier alpha value is -2.78. The first-order valence-electron chi connectivity index (χ1n) is 10.3. The van der Waals surface area contributed by atoms with Crippen LogP contribution < -0.4 is 20.1 Å². The Morgan fingerprint density at radius 2 is 1.77 bits per heavy atom. The van der Waals surface area contributed by atoms with Crippen molar-refractivity contribution in [2.24, 2.45) is 4.99 Å². The van der Waals surface area contributed by atoms with E-state index in [1.54, 1.807) is 43.8 Å². The third kappa shape index (κ3) is 5.68. The van der Waals surface area contributed by atoms with Gasteiger partial charge in [-0.2, -0.15) is 4.31 Å². The molecule has 168 valence electrons. The fourth-order valence-corrected chi connectivity index (χ4v) is 5.07. The van der Waals surface area contributed by atoms with Gasteiger partial charge in [-0.05, 0) is 42.7 Å². The molecule has 31 heavy (non-hydrogen) atoms. The maximum absolute atomic E-state index is 12.9. The molecule has 0 bridgehead atoms. The number of benzene rings is 2. The maximum atomic E-state index is 12.9. The Kier molecular flexibility index (Phi) is 7.75. The van der Waals surface area contributed by atoms with Crippen LogP contribution in [0.5, 0.6) is 11.5 Å². The Morgan fingerprint density at radius 1 is 1.03 bits per heavy atom. The second-order valence-electron chi connectivity index (χ2n) is 7.23. The van der Waals surface area contributed by atoms with Gasteiger partial charge in [-0.15, -0.1) is 0 Å². The molecule has 1 heterocycles. The van der Waals surface area contributed by atoms with E-state index in [4.69, 9.17) is 9.47 Å². The number of guanidine groups is 1. The van der Waals surface area contributed by atoms with Gasteiger partial charge in [0, 0.05) is 38.4 Å². The van der Waals surface area contributed by atoms with Gasteiger partial charge in [0.25, 0.3) is 0 Å². The minimum atomic E-state index is -3.46. The Bertz CT molecular complexity index is 1020. The highest BCUT2D eigenvalue weighted by Gasteiger charge is 2.25. The fraction of sp³-hybridized carbons (Fsp3) is 0.409. The quantitative estimate of drug-likeness (QED) is 0.502. The number of nitrogens with zero attached hydrogens (tertiary/aromatic N) is 2. The van der Waals surface area contributed by atoms with Crippen LogP contribution in [0.2, 0.25) is 0 Å². The average Bonchev–Trinajstić information content (AvgIpc) is 2.82. The van der Waals surface area contributed by atoms with Crippen molar-refractivity contribution in [1.29, 1.82) is 0 Å². The van der Waals surface area contributed by atoms with Gasteiger partial charge >= 0.3 is 0 Å². The van der Waals surface area contributed by atoms with E-state index in [2.05, 4.69) is 15.6 Å².